The number of benzene rings is 1. The quantitative estimate of drug-likeness (QED) is 0.784. The SMILES string of the molecule is CCCCn1ncc(Nc2cc(N)ccc2Cl)c(Br)c1=O. The first-order valence-corrected chi connectivity index (χ1v) is 7.77. The van der Waals surface area contributed by atoms with Crippen LogP contribution in [0.1, 0.15) is 19.8 Å². The molecule has 0 aliphatic carbocycles. The van der Waals surface area contributed by atoms with Crippen LogP contribution >= 0.6 is 27.5 Å². The zero-order valence-electron chi connectivity index (χ0n) is 11.6. The molecule has 0 spiro atoms. The number of nitrogen functional groups attached to an aromatic ring is 1. The van der Waals surface area contributed by atoms with E-state index < -0.39 is 0 Å². The Balaban J connectivity index is 2.31. The van der Waals surface area contributed by atoms with Gasteiger partial charge in [0.1, 0.15) is 4.47 Å². The molecule has 7 heteroatoms. The number of aromatic nitrogens is 2. The number of halogens is 2. The summed E-state index contributed by atoms with van der Waals surface area (Å²) in [5.74, 6) is 0. The maximum atomic E-state index is 12.2. The summed E-state index contributed by atoms with van der Waals surface area (Å²) in [6.07, 6.45) is 3.51. The molecule has 0 saturated heterocycles. The highest BCUT2D eigenvalue weighted by atomic mass is 79.9. The zero-order chi connectivity index (χ0) is 15.4. The first-order valence-electron chi connectivity index (χ1n) is 6.60. The largest absolute Gasteiger partial charge is 0.399 e. The summed E-state index contributed by atoms with van der Waals surface area (Å²) in [5.41, 5.74) is 7.33. The van der Waals surface area contributed by atoms with Crippen molar-refractivity contribution in [2.45, 2.75) is 26.3 Å². The van der Waals surface area contributed by atoms with Crippen molar-refractivity contribution >= 4 is 44.6 Å². The van der Waals surface area contributed by atoms with Crippen LogP contribution in [-0.2, 0) is 6.54 Å². The van der Waals surface area contributed by atoms with Crippen molar-refractivity contribution in [3.8, 4) is 0 Å². The molecule has 0 bridgehead atoms. The number of hydrogen-bond acceptors (Lipinski definition) is 4. The van der Waals surface area contributed by atoms with Crippen LogP contribution in [-0.4, -0.2) is 9.78 Å². The van der Waals surface area contributed by atoms with E-state index >= 15 is 0 Å². The molecule has 1 heterocycles. The van der Waals surface area contributed by atoms with Crippen molar-refractivity contribution in [1.82, 2.24) is 9.78 Å². The smallest absolute Gasteiger partial charge is 0.283 e. The van der Waals surface area contributed by atoms with Gasteiger partial charge in [0.15, 0.2) is 0 Å². The molecule has 2 aromatic rings. The summed E-state index contributed by atoms with van der Waals surface area (Å²) >= 11 is 9.41. The summed E-state index contributed by atoms with van der Waals surface area (Å²) in [5, 5.41) is 7.75. The normalized spacial score (nSPS) is 10.6. The molecule has 0 saturated carbocycles. The van der Waals surface area contributed by atoms with Crippen LogP contribution in [0.25, 0.3) is 0 Å². The van der Waals surface area contributed by atoms with E-state index in [0.29, 0.717) is 33.1 Å². The lowest BCUT2D eigenvalue weighted by molar-refractivity contribution is 0.541. The minimum Gasteiger partial charge on any atom is -0.399 e. The van der Waals surface area contributed by atoms with Gasteiger partial charge in [0.25, 0.3) is 5.56 Å². The minimum absolute atomic E-state index is 0.173. The summed E-state index contributed by atoms with van der Waals surface area (Å²) in [6.45, 7) is 2.67. The summed E-state index contributed by atoms with van der Waals surface area (Å²) in [7, 11) is 0. The van der Waals surface area contributed by atoms with Gasteiger partial charge in [-0.2, -0.15) is 5.10 Å². The van der Waals surface area contributed by atoms with E-state index in [9.17, 15) is 4.79 Å². The van der Waals surface area contributed by atoms with Crippen molar-refractivity contribution in [2.75, 3.05) is 11.1 Å². The van der Waals surface area contributed by atoms with E-state index in [0.717, 1.165) is 12.8 Å². The lowest BCUT2D eigenvalue weighted by atomic mass is 10.2. The van der Waals surface area contributed by atoms with Crippen LogP contribution in [0.5, 0.6) is 0 Å². The monoisotopic (exact) mass is 370 g/mol. The Morgan fingerprint density at radius 2 is 2.19 bits per heavy atom. The van der Waals surface area contributed by atoms with Gasteiger partial charge in [-0.3, -0.25) is 4.79 Å². The standard InChI is InChI=1S/C14H16BrClN4O/c1-2-3-6-20-14(21)13(15)12(8-18-20)19-11-7-9(17)4-5-10(11)16/h4-5,7-8,19H,2-3,6,17H2,1H3. The van der Waals surface area contributed by atoms with Crippen molar-refractivity contribution in [3.05, 3.63) is 44.2 Å². The van der Waals surface area contributed by atoms with Gasteiger partial charge in [-0.15, -0.1) is 0 Å². The van der Waals surface area contributed by atoms with E-state index in [1.165, 1.54) is 4.68 Å². The molecule has 112 valence electrons. The molecule has 5 nitrogen and oxygen atoms in total. The van der Waals surface area contributed by atoms with Crippen LogP contribution in [0.15, 0.2) is 33.7 Å². The fourth-order valence-corrected chi connectivity index (χ4v) is 2.37. The molecule has 0 fully saturated rings. The zero-order valence-corrected chi connectivity index (χ0v) is 13.9. The van der Waals surface area contributed by atoms with Crippen LogP contribution < -0.4 is 16.6 Å². The second kappa shape index (κ2) is 6.95. The lowest BCUT2D eigenvalue weighted by Crippen LogP contribution is -2.24. The highest BCUT2D eigenvalue weighted by Gasteiger charge is 2.10. The van der Waals surface area contributed by atoms with Gasteiger partial charge >= 0.3 is 0 Å². The van der Waals surface area contributed by atoms with E-state index in [2.05, 4.69) is 33.3 Å². The third-order valence-electron chi connectivity index (χ3n) is 2.97. The van der Waals surface area contributed by atoms with Gasteiger partial charge in [0, 0.05) is 12.2 Å². The molecule has 1 aromatic carbocycles. The van der Waals surface area contributed by atoms with Crippen molar-refractivity contribution in [3.63, 3.8) is 0 Å². The topological polar surface area (TPSA) is 72.9 Å². The second-order valence-corrected chi connectivity index (χ2v) is 5.82. The Bertz CT molecular complexity index is 702. The van der Waals surface area contributed by atoms with Gasteiger partial charge < -0.3 is 11.1 Å². The summed E-state index contributed by atoms with van der Waals surface area (Å²) in [4.78, 5) is 12.2. The first kappa shape index (κ1) is 15.9. The third-order valence-corrected chi connectivity index (χ3v) is 4.06. The van der Waals surface area contributed by atoms with E-state index in [1.54, 1.807) is 24.4 Å². The lowest BCUT2D eigenvalue weighted by Gasteiger charge is -2.12. The Kier molecular flexibility index (Phi) is 5.25. The van der Waals surface area contributed by atoms with Crippen LogP contribution in [0, 0.1) is 0 Å². The van der Waals surface area contributed by atoms with Crippen molar-refractivity contribution < 1.29 is 0 Å². The molecule has 0 atom stereocenters. The van der Waals surface area contributed by atoms with Gasteiger partial charge in [0.05, 0.1) is 22.6 Å². The van der Waals surface area contributed by atoms with Gasteiger partial charge in [-0.1, -0.05) is 24.9 Å². The number of aryl methyl sites for hydroxylation is 1. The highest BCUT2D eigenvalue weighted by Crippen LogP contribution is 2.29. The molecule has 0 unspecified atom stereocenters. The maximum Gasteiger partial charge on any atom is 0.283 e. The van der Waals surface area contributed by atoms with Gasteiger partial charge in [-0.25, -0.2) is 4.68 Å². The second-order valence-electron chi connectivity index (χ2n) is 4.62. The van der Waals surface area contributed by atoms with Crippen LogP contribution in [0.3, 0.4) is 0 Å². The molecule has 0 radical (unpaired) electrons. The molecular formula is C14H16BrClN4O. The third kappa shape index (κ3) is 3.77. The predicted octanol–water partition coefficient (Wildman–Crippen LogP) is 3.79. The van der Waals surface area contributed by atoms with E-state index in [1.807, 2.05) is 0 Å². The fourth-order valence-electron chi connectivity index (χ4n) is 1.80. The molecule has 0 amide bonds. The van der Waals surface area contributed by atoms with Crippen molar-refractivity contribution in [1.29, 1.82) is 0 Å². The molecule has 1 aromatic heterocycles. The Morgan fingerprint density at radius 1 is 1.43 bits per heavy atom. The summed E-state index contributed by atoms with van der Waals surface area (Å²) < 4.78 is 1.87. The Hall–Kier alpha value is -1.53. The fraction of sp³-hybridized carbons (Fsp3) is 0.286. The van der Waals surface area contributed by atoms with E-state index in [4.69, 9.17) is 17.3 Å². The van der Waals surface area contributed by atoms with Crippen molar-refractivity contribution in [2.24, 2.45) is 0 Å². The molecule has 21 heavy (non-hydrogen) atoms. The molecule has 0 aliphatic heterocycles. The number of rotatable bonds is 5. The number of nitrogens with one attached hydrogen (secondary N) is 1. The maximum absolute atomic E-state index is 12.2. The van der Waals surface area contributed by atoms with E-state index in [-0.39, 0.29) is 5.56 Å². The molecule has 2 rings (SSSR count). The number of anilines is 3. The average Bonchev–Trinajstić information content (AvgIpc) is 2.47. The van der Waals surface area contributed by atoms with Crippen LogP contribution in [0.2, 0.25) is 5.02 Å². The molecule has 0 aliphatic rings. The summed E-state index contributed by atoms with van der Waals surface area (Å²) in [6, 6.07) is 5.12. The van der Waals surface area contributed by atoms with Gasteiger partial charge in [0.2, 0.25) is 0 Å². The van der Waals surface area contributed by atoms with Gasteiger partial charge in [-0.05, 0) is 40.5 Å². The minimum atomic E-state index is -0.173. The Labute approximate surface area is 136 Å². The Morgan fingerprint density at radius 3 is 2.90 bits per heavy atom. The molecular weight excluding hydrogens is 356 g/mol. The number of hydrogen-bond donors (Lipinski definition) is 2. The number of nitrogens with zero attached hydrogens (tertiary/aromatic N) is 2. The number of unbranched alkanes of at least 4 members (excludes halogenated alkanes) is 1. The first-order chi connectivity index (χ1) is 10.0. The number of nitrogens with two attached hydrogens (primary N) is 1. The predicted molar refractivity (Wildman–Crippen MR) is 90.3 cm³/mol. The highest BCUT2D eigenvalue weighted by molar-refractivity contribution is 9.10. The molecule has 3 N–H and O–H groups in total. The average molecular weight is 372 g/mol. The van der Waals surface area contributed by atoms with Crippen LogP contribution in [0.4, 0.5) is 17.1 Å².